The highest BCUT2D eigenvalue weighted by Crippen LogP contribution is 2.39. The first-order valence-electron chi connectivity index (χ1n) is 6.79. The Labute approximate surface area is 107 Å². The maximum Gasteiger partial charge on any atom is 0.203 e. The summed E-state index contributed by atoms with van der Waals surface area (Å²) in [7, 11) is 0. The highest BCUT2D eigenvalue weighted by molar-refractivity contribution is 5.41. The fourth-order valence-corrected chi connectivity index (χ4v) is 2.94. The topological polar surface area (TPSA) is 29.9 Å². The van der Waals surface area contributed by atoms with Crippen LogP contribution >= 0.6 is 0 Å². The van der Waals surface area contributed by atoms with Crippen LogP contribution in [0, 0.1) is 0 Å². The summed E-state index contributed by atoms with van der Waals surface area (Å²) in [4.78, 5) is 4.47. The monoisotopic (exact) mass is 239 g/mol. The highest BCUT2D eigenvalue weighted by Gasteiger charge is 2.28. The van der Waals surface area contributed by atoms with Crippen molar-refractivity contribution in [3.8, 4) is 0 Å². The third-order valence-corrected chi connectivity index (χ3v) is 4.05. The van der Waals surface area contributed by atoms with E-state index in [0.29, 0.717) is 12.1 Å². The molecule has 18 heavy (non-hydrogen) atoms. The van der Waals surface area contributed by atoms with Crippen LogP contribution in [0.1, 0.15) is 42.5 Å². The summed E-state index contributed by atoms with van der Waals surface area (Å²) in [5.74, 6) is 1.04. The van der Waals surface area contributed by atoms with E-state index < -0.39 is 0 Å². The maximum absolute atomic E-state index is 4.47. The van der Waals surface area contributed by atoms with E-state index in [0.717, 1.165) is 5.95 Å². The summed E-state index contributed by atoms with van der Waals surface area (Å²) >= 11 is 0. The van der Waals surface area contributed by atoms with Crippen molar-refractivity contribution in [1.82, 2.24) is 9.55 Å². The number of aromatic nitrogens is 2. The maximum atomic E-state index is 4.47. The van der Waals surface area contributed by atoms with Crippen molar-refractivity contribution >= 4 is 5.95 Å². The van der Waals surface area contributed by atoms with Gasteiger partial charge in [0.2, 0.25) is 5.95 Å². The summed E-state index contributed by atoms with van der Waals surface area (Å²) in [6.07, 6.45) is 8.95. The molecule has 1 N–H and O–H groups in total. The summed E-state index contributed by atoms with van der Waals surface area (Å²) in [6.45, 7) is 0. The lowest BCUT2D eigenvalue weighted by Crippen LogP contribution is -2.11. The van der Waals surface area contributed by atoms with Gasteiger partial charge < -0.3 is 9.88 Å². The third-order valence-electron chi connectivity index (χ3n) is 4.05. The average Bonchev–Trinajstić information content (AvgIpc) is 3.01. The van der Waals surface area contributed by atoms with Gasteiger partial charge in [0.1, 0.15) is 0 Å². The number of nitrogens with zero attached hydrogens (tertiary/aromatic N) is 2. The highest BCUT2D eigenvalue weighted by atomic mass is 15.2. The Morgan fingerprint density at radius 1 is 1.17 bits per heavy atom. The second kappa shape index (κ2) is 3.87. The Kier molecular flexibility index (Phi) is 2.19. The van der Waals surface area contributed by atoms with Gasteiger partial charge in [-0.1, -0.05) is 24.3 Å². The van der Waals surface area contributed by atoms with Crippen molar-refractivity contribution in [3.63, 3.8) is 0 Å². The van der Waals surface area contributed by atoms with E-state index in [1.165, 1.54) is 36.8 Å². The number of fused-ring (bicyclic) bond motifs is 1. The fraction of sp³-hybridized carbons (Fsp3) is 0.400. The summed E-state index contributed by atoms with van der Waals surface area (Å²) in [6, 6.07) is 9.86. The van der Waals surface area contributed by atoms with Crippen molar-refractivity contribution in [3.05, 3.63) is 47.8 Å². The molecule has 4 rings (SSSR count). The van der Waals surface area contributed by atoms with Gasteiger partial charge in [-0.25, -0.2) is 4.98 Å². The number of nitrogens with one attached hydrogen (secondary N) is 1. The van der Waals surface area contributed by atoms with Crippen LogP contribution in [0.3, 0.4) is 0 Å². The van der Waals surface area contributed by atoms with Gasteiger partial charge in [0, 0.05) is 18.4 Å². The lowest BCUT2D eigenvalue weighted by Gasteiger charge is -2.16. The Balaban J connectivity index is 1.60. The molecule has 3 nitrogen and oxygen atoms in total. The molecule has 2 aliphatic carbocycles. The van der Waals surface area contributed by atoms with Gasteiger partial charge in [-0.15, -0.1) is 0 Å². The van der Waals surface area contributed by atoms with Gasteiger partial charge in [-0.3, -0.25) is 0 Å². The number of hydrogen-bond donors (Lipinski definition) is 1. The minimum Gasteiger partial charge on any atom is -0.349 e. The summed E-state index contributed by atoms with van der Waals surface area (Å²) in [5.41, 5.74) is 2.93. The van der Waals surface area contributed by atoms with E-state index >= 15 is 0 Å². The molecule has 0 saturated heterocycles. The summed E-state index contributed by atoms with van der Waals surface area (Å²) in [5, 5.41) is 3.62. The number of benzene rings is 1. The van der Waals surface area contributed by atoms with Gasteiger partial charge in [0.25, 0.3) is 0 Å². The molecule has 1 aromatic carbocycles. The summed E-state index contributed by atoms with van der Waals surface area (Å²) < 4.78 is 2.29. The van der Waals surface area contributed by atoms with E-state index in [2.05, 4.69) is 45.3 Å². The molecule has 1 saturated carbocycles. The predicted molar refractivity (Wildman–Crippen MR) is 71.6 cm³/mol. The second-order valence-electron chi connectivity index (χ2n) is 5.32. The van der Waals surface area contributed by atoms with Crippen LogP contribution in [0.5, 0.6) is 0 Å². The first-order valence-corrected chi connectivity index (χ1v) is 6.79. The molecule has 3 heteroatoms. The van der Waals surface area contributed by atoms with Gasteiger partial charge in [-0.05, 0) is 36.8 Å². The lowest BCUT2D eigenvalue weighted by molar-refractivity contribution is 0.701. The van der Waals surface area contributed by atoms with Crippen LogP contribution in [-0.4, -0.2) is 9.55 Å². The van der Waals surface area contributed by atoms with Gasteiger partial charge in [0.05, 0.1) is 6.04 Å². The van der Waals surface area contributed by atoms with E-state index in [-0.39, 0.29) is 0 Å². The van der Waals surface area contributed by atoms with Crippen LogP contribution in [0.2, 0.25) is 0 Å². The molecule has 1 unspecified atom stereocenters. The van der Waals surface area contributed by atoms with Crippen molar-refractivity contribution in [2.75, 3.05) is 5.32 Å². The standard InChI is InChI=1S/C15H17N3/c1-2-4-13-11(3-1)5-8-14(13)17-15-16-9-10-18(15)12-6-7-12/h1-4,9-10,12,14H,5-8H2,(H,16,17). The van der Waals surface area contributed by atoms with Crippen LogP contribution < -0.4 is 5.32 Å². The largest absolute Gasteiger partial charge is 0.349 e. The molecule has 0 bridgehead atoms. The SMILES string of the molecule is c1ccc2c(c1)CCC2Nc1nccn1C1CC1. The minimum atomic E-state index is 0.432. The van der Waals surface area contributed by atoms with Crippen molar-refractivity contribution in [1.29, 1.82) is 0 Å². The molecule has 1 heterocycles. The lowest BCUT2D eigenvalue weighted by atomic mass is 10.1. The smallest absolute Gasteiger partial charge is 0.203 e. The molecule has 92 valence electrons. The molecule has 1 atom stereocenters. The van der Waals surface area contributed by atoms with Crippen molar-refractivity contribution < 1.29 is 0 Å². The molecule has 1 aromatic heterocycles. The molecule has 0 spiro atoms. The normalized spacial score (nSPS) is 21.9. The van der Waals surface area contributed by atoms with Crippen molar-refractivity contribution in [2.24, 2.45) is 0 Å². The van der Waals surface area contributed by atoms with Gasteiger partial charge in [0.15, 0.2) is 0 Å². The molecule has 2 aromatic rings. The molecular formula is C15H17N3. The number of hydrogen-bond acceptors (Lipinski definition) is 2. The Morgan fingerprint density at radius 2 is 2.06 bits per heavy atom. The number of anilines is 1. The second-order valence-corrected chi connectivity index (χ2v) is 5.32. The quantitative estimate of drug-likeness (QED) is 0.890. The minimum absolute atomic E-state index is 0.432. The van der Waals surface area contributed by atoms with E-state index in [9.17, 15) is 0 Å². The fourth-order valence-electron chi connectivity index (χ4n) is 2.94. The zero-order valence-electron chi connectivity index (χ0n) is 10.3. The number of aryl methyl sites for hydroxylation is 1. The number of imidazole rings is 1. The molecule has 2 aliphatic rings. The van der Waals surface area contributed by atoms with E-state index in [1.807, 2.05) is 6.20 Å². The van der Waals surface area contributed by atoms with Crippen LogP contribution in [0.4, 0.5) is 5.95 Å². The molecular weight excluding hydrogens is 222 g/mol. The molecule has 0 aliphatic heterocycles. The Bertz CT molecular complexity index is 569. The molecule has 0 amide bonds. The van der Waals surface area contributed by atoms with Gasteiger partial charge >= 0.3 is 0 Å². The molecule has 0 radical (unpaired) electrons. The first-order chi connectivity index (χ1) is 8.92. The third kappa shape index (κ3) is 1.62. The van der Waals surface area contributed by atoms with Gasteiger partial charge in [-0.2, -0.15) is 0 Å². The molecule has 1 fully saturated rings. The number of rotatable bonds is 3. The predicted octanol–water partition coefficient (Wildman–Crippen LogP) is 3.32. The zero-order chi connectivity index (χ0) is 11.9. The first kappa shape index (κ1) is 10.2. The van der Waals surface area contributed by atoms with Crippen molar-refractivity contribution in [2.45, 2.75) is 37.8 Å². The Hall–Kier alpha value is -1.77. The van der Waals surface area contributed by atoms with Crippen LogP contribution in [-0.2, 0) is 6.42 Å². The average molecular weight is 239 g/mol. The zero-order valence-corrected chi connectivity index (χ0v) is 10.3. The van der Waals surface area contributed by atoms with E-state index in [4.69, 9.17) is 0 Å². The van der Waals surface area contributed by atoms with Crippen LogP contribution in [0.25, 0.3) is 0 Å². The van der Waals surface area contributed by atoms with Crippen LogP contribution in [0.15, 0.2) is 36.7 Å². The van der Waals surface area contributed by atoms with E-state index in [1.54, 1.807) is 0 Å². The Morgan fingerprint density at radius 3 is 2.94 bits per heavy atom.